The Bertz CT molecular complexity index is 331. The first kappa shape index (κ1) is 8.97. The van der Waals surface area contributed by atoms with E-state index in [0.29, 0.717) is 0 Å². The Morgan fingerprint density at radius 3 is 3.23 bits per heavy atom. The van der Waals surface area contributed by atoms with Crippen LogP contribution in [0.25, 0.3) is 6.08 Å². The third-order valence-corrected chi connectivity index (χ3v) is 2.24. The van der Waals surface area contributed by atoms with E-state index in [0.717, 1.165) is 0 Å². The quantitative estimate of drug-likeness (QED) is 0.718. The third-order valence-electron chi connectivity index (χ3n) is 2.02. The molecule has 0 N–H and O–H groups in total. The zero-order chi connectivity index (χ0) is 9.26. The first-order valence-electron chi connectivity index (χ1n) is 4.25. The van der Waals surface area contributed by atoms with E-state index < -0.39 is 0 Å². The Morgan fingerprint density at radius 1 is 1.62 bits per heavy atom. The summed E-state index contributed by atoms with van der Waals surface area (Å²) >= 11 is 3.37. The number of rotatable bonds is 2. The lowest BCUT2D eigenvalue weighted by molar-refractivity contribution is 0.0812. The van der Waals surface area contributed by atoms with E-state index in [-0.39, 0.29) is 11.1 Å². The summed E-state index contributed by atoms with van der Waals surface area (Å²) in [6, 6.07) is 9.01. The van der Waals surface area contributed by atoms with Crippen molar-refractivity contribution >= 4 is 22.0 Å². The molecule has 0 saturated carbocycles. The van der Waals surface area contributed by atoms with Gasteiger partial charge in [0.05, 0.1) is 0 Å². The minimum atomic E-state index is 0.0771. The second kappa shape index (κ2) is 3.64. The summed E-state index contributed by atoms with van der Waals surface area (Å²) in [5.74, 6) is 0. The summed E-state index contributed by atoms with van der Waals surface area (Å²) in [7, 11) is 0. The number of hydrogen-bond acceptors (Lipinski definition) is 1. The molecule has 0 aromatic heterocycles. The van der Waals surface area contributed by atoms with Crippen molar-refractivity contribution in [1.82, 2.24) is 0 Å². The highest BCUT2D eigenvalue weighted by molar-refractivity contribution is 9.09. The summed E-state index contributed by atoms with van der Waals surface area (Å²) in [6.07, 6.45) is 4.24. The molecule has 1 aromatic rings. The normalized spacial score (nSPS) is 21.5. The van der Waals surface area contributed by atoms with Crippen molar-refractivity contribution in [3.05, 3.63) is 41.5 Å². The molecule has 2 rings (SSSR count). The number of ether oxygens (including phenoxy) is 1. The van der Waals surface area contributed by atoms with E-state index in [2.05, 4.69) is 34.1 Å². The highest BCUT2D eigenvalue weighted by Gasteiger charge is 2.18. The molecular weight excluding hydrogens is 228 g/mol. The maximum absolute atomic E-state index is 5.65. The van der Waals surface area contributed by atoms with Crippen LogP contribution in [-0.4, -0.2) is 5.01 Å². The van der Waals surface area contributed by atoms with Crippen LogP contribution in [0.4, 0.5) is 0 Å². The predicted molar refractivity (Wildman–Crippen MR) is 56.5 cm³/mol. The molecule has 2 unspecified atom stereocenters. The number of benzene rings is 1. The molecule has 1 aromatic carbocycles. The van der Waals surface area contributed by atoms with Crippen LogP contribution < -0.4 is 0 Å². The largest absolute Gasteiger partial charge is 0.355 e. The van der Waals surface area contributed by atoms with Crippen LogP contribution in [0.1, 0.15) is 24.2 Å². The molecular formula is C11H10BrO. The van der Waals surface area contributed by atoms with Gasteiger partial charge in [-0.2, -0.15) is 0 Å². The van der Waals surface area contributed by atoms with Gasteiger partial charge in [-0.1, -0.05) is 40.2 Å². The number of halogens is 1. The van der Waals surface area contributed by atoms with Gasteiger partial charge in [0.25, 0.3) is 0 Å². The van der Waals surface area contributed by atoms with E-state index in [1.807, 2.05) is 25.1 Å². The Morgan fingerprint density at radius 2 is 2.46 bits per heavy atom. The van der Waals surface area contributed by atoms with Gasteiger partial charge in [-0.15, -0.1) is 0 Å². The van der Waals surface area contributed by atoms with Gasteiger partial charge in [0.1, 0.15) is 11.1 Å². The first-order valence-corrected chi connectivity index (χ1v) is 5.16. The van der Waals surface area contributed by atoms with Crippen LogP contribution in [0.15, 0.2) is 24.3 Å². The molecule has 0 heterocycles. The molecule has 1 aliphatic rings. The zero-order valence-electron chi connectivity index (χ0n) is 7.33. The van der Waals surface area contributed by atoms with Crippen molar-refractivity contribution in [2.45, 2.75) is 18.0 Å². The molecule has 0 fully saturated rings. The van der Waals surface area contributed by atoms with E-state index in [1.54, 1.807) is 0 Å². The molecule has 0 aliphatic heterocycles. The minimum absolute atomic E-state index is 0.0771. The van der Waals surface area contributed by atoms with Crippen molar-refractivity contribution in [2.75, 3.05) is 0 Å². The van der Waals surface area contributed by atoms with E-state index in [1.165, 1.54) is 11.1 Å². The Hall–Kier alpha value is -0.600. The summed E-state index contributed by atoms with van der Waals surface area (Å²) < 4.78 is 5.65. The fraction of sp³-hybridized carbons (Fsp3) is 0.273. The highest BCUT2D eigenvalue weighted by atomic mass is 79.9. The van der Waals surface area contributed by atoms with Crippen LogP contribution in [0.2, 0.25) is 0 Å². The SMILES string of the molecule is CC(Br)OC1C=Cc2cc[c]cc21. The first-order chi connectivity index (χ1) is 6.27. The van der Waals surface area contributed by atoms with Crippen LogP contribution in [-0.2, 0) is 4.74 Å². The van der Waals surface area contributed by atoms with E-state index in [9.17, 15) is 0 Å². The predicted octanol–water partition coefficient (Wildman–Crippen LogP) is 3.31. The van der Waals surface area contributed by atoms with Crippen molar-refractivity contribution in [3.63, 3.8) is 0 Å². The second-order valence-electron chi connectivity index (χ2n) is 3.01. The molecule has 1 radical (unpaired) electrons. The lowest BCUT2D eigenvalue weighted by atomic mass is 10.1. The van der Waals surface area contributed by atoms with Crippen LogP contribution >= 0.6 is 15.9 Å². The van der Waals surface area contributed by atoms with E-state index in [4.69, 9.17) is 4.74 Å². The molecule has 0 spiro atoms. The molecule has 1 aliphatic carbocycles. The minimum Gasteiger partial charge on any atom is -0.355 e. The van der Waals surface area contributed by atoms with Gasteiger partial charge < -0.3 is 4.74 Å². The maximum Gasteiger partial charge on any atom is 0.111 e. The van der Waals surface area contributed by atoms with Gasteiger partial charge in [0.2, 0.25) is 0 Å². The lowest BCUT2D eigenvalue weighted by Crippen LogP contribution is -2.04. The third kappa shape index (κ3) is 1.84. The fourth-order valence-corrected chi connectivity index (χ4v) is 1.70. The molecule has 2 atom stereocenters. The zero-order valence-corrected chi connectivity index (χ0v) is 8.91. The van der Waals surface area contributed by atoms with Crippen molar-refractivity contribution < 1.29 is 4.74 Å². The second-order valence-corrected chi connectivity index (χ2v) is 4.30. The van der Waals surface area contributed by atoms with Gasteiger partial charge >= 0.3 is 0 Å². The number of fused-ring (bicyclic) bond motifs is 1. The van der Waals surface area contributed by atoms with Crippen molar-refractivity contribution in [1.29, 1.82) is 0 Å². The van der Waals surface area contributed by atoms with Crippen molar-refractivity contribution in [3.8, 4) is 0 Å². The Labute approximate surface area is 86.5 Å². The van der Waals surface area contributed by atoms with Crippen LogP contribution in [0, 0.1) is 6.07 Å². The summed E-state index contributed by atoms with van der Waals surface area (Å²) in [5.41, 5.74) is 2.44. The molecule has 1 nitrogen and oxygen atoms in total. The van der Waals surface area contributed by atoms with Crippen LogP contribution in [0.3, 0.4) is 0 Å². The molecule has 13 heavy (non-hydrogen) atoms. The fourth-order valence-electron chi connectivity index (χ4n) is 1.47. The Balaban J connectivity index is 2.23. The Kier molecular flexibility index (Phi) is 2.51. The lowest BCUT2D eigenvalue weighted by Gasteiger charge is -2.13. The highest BCUT2D eigenvalue weighted by Crippen LogP contribution is 2.31. The van der Waals surface area contributed by atoms with Crippen LogP contribution in [0.5, 0.6) is 0 Å². The molecule has 67 valence electrons. The molecule has 0 amide bonds. The van der Waals surface area contributed by atoms with Gasteiger partial charge in [0.15, 0.2) is 0 Å². The molecule has 0 bridgehead atoms. The maximum atomic E-state index is 5.65. The standard InChI is InChI=1S/C11H10BrO/c1-8(12)13-11-7-6-9-4-2-3-5-10(9)11/h2,4-8,11H,1H3. The van der Waals surface area contributed by atoms with Gasteiger partial charge in [-0.25, -0.2) is 0 Å². The van der Waals surface area contributed by atoms with E-state index >= 15 is 0 Å². The average Bonchev–Trinajstić information content (AvgIpc) is 2.48. The monoisotopic (exact) mass is 237 g/mol. The van der Waals surface area contributed by atoms with Gasteiger partial charge in [-0.05, 0) is 30.2 Å². The van der Waals surface area contributed by atoms with Crippen molar-refractivity contribution in [2.24, 2.45) is 0 Å². The summed E-state index contributed by atoms with van der Waals surface area (Å²) in [4.78, 5) is 0. The summed E-state index contributed by atoms with van der Waals surface area (Å²) in [5, 5.41) is 0.0771. The topological polar surface area (TPSA) is 9.23 Å². The molecule has 0 saturated heterocycles. The summed E-state index contributed by atoms with van der Waals surface area (Å²) in [6.45, 7) is 1.97. The number of alkyl halides is 1. The number of hydrogen-bond donors (Lipinski definition) is 0. The molecule has 2 heteroatoms. The van der Waals surface area contributed by atoms with Gasteiger partial charge in [0, 0.05) is 0 Å². The average molecular weight is 238 g/mol. The van der Waals surface area contributed by atoms with Gasteiger partial charge in [-0.3, -0.25) is 0 Å². The smallest absolute Gasteiger partial charge is 0.111 e.